The van der Waals surface area contributed by atoms with Gasteiger partial charge >= 0.3 is 0 Å². The van der Waals surface area contributed by atoms with Crippen LogP contribution in [-0.2, 0) is 4.74 Å². The molecule has 5 rings (SSSR count). The molecule has 2 aromatic heterocycles. The van der Waals surface area contributed by atoms with Crippen molar-refractivity contribution in [2.24, 2.45) is 0 Å². The summed E-state index contributed by atoms with van der Waals surface area (Å²) in [4.78, 5) is 18.0. The normalized spacial score (nSPS) is 17.7. The summed E-state index contributed by atoms with van der Waals surface area (Å²) in [6.45, 7) is 2.78. The van der Waals surface area contributed by atoms with Gasteiger partial charge in [0.05, 0.1) is 13.2 Å². The summed E-state index contributed by atoms with van der Waals surface area (Å²) >= 11 is 0. The van der Waals surface area contributed by atoms with Crippen molar-refractivity contribution in [2.75, 3.05) is 53.8 Å². The van der Waals surface area contributed by atoms with E-state index in [2.05, 4.69) is 25.4 Å². The first-order valence-electron chi connectivity index (χ1n) is 10.9. The zero-order valence-electron chi connectivity index (χ0n) is 18.4. The van der Waals surface area contributed by atoms with Gasteiger partial charge in [0.15, 0.2) is 17.5 Å². The van der Waals surface area contributed by atoms with Crippen molar-refractivity contribution < 1.29 is 4.74 Å². The van der Waals surface area contributed by atoms with Gasteiger partial charge in [-0.2, -0.15) is 0 Å². The van der Waals surface area contributed by atoms with Gasteiger partial charge in [-0.1, -0.05) is 18.2 Å². The van der Waals surface area contributed by atoms with Gasteiger partial charge in [0.1, 0.15) is 17.6 Å². The van der Waals surface area contributed by atoms with Crippen LogP contribution in [0.3, 0.4) is 0 Å². The number of allylic oxidation sites excluding steroid dienone is 1. The molecular weight excluding hydrogens is 416 g/mol. The topological polar surface area (TPSA) is 102 Å². The first kappa shape index (κ1) is 20.9. The Morgan fingerprint density at radius 3 is 2.58 bits per heavy atom. The Kier molecular flexibility index (Phi) is 5.86. The fourth-order valence-corrected chi connectivity index (χ4v) is 3.98. The van der Waals surface area contributed by atoms with Gasteiger partial charge in [0.2, 0.25) is 0 Å². The predicted octanol–water partition coefficient (Wildman–Crippen LogP) is 3.26. The summed E-state index contributed by atoms with van der Waals surface area (Å²) in [6, 6.07) is 13.8. The van der Waals surface area contributed by atoms with Crippen LogP contribution in [0, 0.1) is 5.41 Å². The van der Waals surface area contributed by atoms with E-state index in [1.54, 1.807) is 24.7 Å². The van der Waals surface area contributed by atoms with Crippen LogP contribution in [0.1, 0.15) is 17.6 Å². The monoisotopic (exact) mass is 442 g/mol. The molecule has 3 N–H and O–H groups in total. The Morgan fingerprint density at radius 1 is 1.09 bits per heavy atom. The lowest BCUT2D eigenvalue weighted by molar-refractivity contribution is 0.122. The molecule has 1 unspecified atom stereocenters. The molecule has 9 heteroatoms. The minimum Gasteiger partial charge on any atom is -0.378 e. The number of para-hydroxylation sites is 1. The molecule has 0 saturated carbocycles. The number of rotatable bonds is 6. The Morgan fingerprint density at radius 2 is 1.82 bits per heavy atom. The third kappa shape index (κ3) is 4.35. The van der Waals surface area contributed by atoms with E-state index in [9.17, 15) is 0 Å². The summed E-state index contributed by atoms with van der Waals surface area (Å²) in [5.41, 5.74) is 3.15. The average molecular weight is 443 g/mol. The van der Waals surface area contributed by atoms with Gasteiger partial charge in [0, 0.05) is 44.4 Å². The van der Waals surface area contributed by atoms with Crippen LogP contribution in [0.4, 0.5) is 23.0 Å². The molecule has 0 aliphatic carbocycles. The quantitative estimate of drug-likeness (QED) is 0.500. The van der Waals surface area contributed by atoms with Crippen LogP contribution < -0.4 is 20.4 Å². The lowest BCUT2D eigenvalue weighted by atomic mass is 10.2. The molecule has 2 aliphatic heterocycles. The second-order valence-corrected chi connectivity index (χ2v) is 7.86. The molecule has 0 radical (unpaired) electrons. The van der Waals surface area contributed by atoms with Gasteiger partial charge in [-0.3, -0.25) is 10.4 Å². The maximum Gasteiger partial charge on any atom is 0.181 e. The number of hydrogen-bond acceptors (Lipinski definition) is 9. The molecule has 1 fully saturated rings. The number of fused-ring (bicyclic) bond motifs is 1. The number of aromatic nitrogens is 3. The number of nitrogens with zero attached hydrogens (tertiary/aromatic N) is 5. The number of pyridine rings is 1. The standard InChI is InChI=1S/C24H26N8O/c1-31-22(17-7-10-26-11-8-17)28-20-23(31)29-21(30-24(20)32-13-15-33-16-14-32)19(25)9-12-27-18-5-3-2-4-6-18/h2-12,22,25,27-28H,13-16H2,1H3/b12-9-,25-19?. The molecule has 168 valence electrons. The van der Waals surface area contributed by atoms with E-state index in [4.69, 9.17) is 20.1 Å². The van der Waals surface area contributed by atoms with Crippen molar-refractivity contribution in [3.8, 4) is 0 Å². The summed E-state index contributed by atoms with van der Waals surface area (Å²) in [5, 5.41) is 15.4. The number of hydrogen-bond donors (Lipinski definition) is 3. The second-order valence-electron chi connectivity index (χ2n) is 7.86. The van der Waals surface area contributed by atoms with Crippen molar-refractivity contribution in [2.45, 2.75) is 6.17 Å². The van der Waals surface area contributed by atoms with Crippen molar-refractivity contribution in [3.63, 3.8) is 0 Å². The Hall–Kier alpha value is -3.98. The molecule has 33 heavy (non-hydrogen) atoms. The minimum absolute atomic E-state index is 0.0863. The Labute approximate surface area is 192 Å². The minimum atomic E-state index is -0.0863. The number of ether oxygens (including phenoxy) is 1. The zero-order valence-corrected chi connectivity index (χ0v) is 18.4. The fraction of sp³-hybridized carbons (Fsp3) is 0.250. The first-order valence-corrected chi connectivity index (χ1v) is 10.9. The van der Waals surface area contributed by atoms with E-state index in [1.165, 1.54) is 0 Å². The molecule has 1 saturated heterocycles. The van der Waals surface area contributed by atoms with E-state index >= 15 is 0 Å². The van der Waals surface area contributed by atoms with Crippen LogP contribution in [-0.4, -0.2) is 54.0 Å². The molecule has 1 aromatic carbocycles. The van der Waals surface area contributed by atoms with Gasteiger partial charge in [-0.25, -0.2) is 9.97 Å². The van der Waals surface area contributed by atoms with Crippen LogP contribution in [0.25, 0.3) is 0 Å². The predicted molar refractivity (Wildman–Crippen MR) is 130 cm³/mol. The SMILES string of the molecule is CN1c2nc(C(=N)/C=C\Nc3ccccc3)nc(N3CCOCC3)c2NC1c1ccncc1. The zero-order chi connectivity index (χ0) is 22.6. The smallest absolute Gasteiger partial charge is 0.181 e. The van der Waals surface area contributed by atoms with E-state index in [0.717, 1.165) is 41.7 Å². The van der Waals surface area contributed by atoms with Crippen LogP contribution >= 0.6 is 0 Å². The van der Waals surface area contributed by atoms with Crippen molar-refractivity contribution in [1.82, 2.24) is 15.0 Å². The molecule has 4 heterocycles. The van der Waals surface area contributed by atoms with Crippen molar-refractivity contribution in [3.05, 3.63) is 78.5 Å². The molecule has 3 aromatic rings. The second kappa shape index (κ2) is 9.25. The molecule has 0 amide bonds. The largest absolute Gasteiger partial charge is 0.378 e. The van der Waals surface area contributed by atoms with E-state index in [-0.39, 0.29) is 11.9 Å². The molecule has 0 spiro atoms. The summed E-state index contributed by atoms with van der Waals surface area (Å²) in [7, 11) is 2.00. The van der Waals surface area contributed by atoms with E-state index in [0.29, 0.717) is 19.0 Å². The maximum absolute atomic E-state index is 8.61. The fourth-order valence-electron chi connectivity index (χ4n) is 3.98. The number of nitrogens with one attached hydrogen (secondary N) is 3. The molecule has 0 bridgehead atoms. The third-order valence-electron chi connectivity index (χ3n) is 5.72. The Balaban J connectivity index is 1.46. The maximum atomic E-state index is 8.61. The first-order chi connectivity index (χ1) is 16.2. The molecule has 2 aliphatic rings. The van der Waals surface area contributed by atoms with Gasteiger partial charge in [-0.15, -0.1) is 0 Å². The number of benzene rings is 1. The summed E-state index contributed by atoms with van der Waals surface area (Å²) in [5.74, 6) is 1.96. The number of anilines is 4. The van der Waals surface area contributed by atoms with E-state index in [1.807, 2.05) is 49.5 Å². The summed E-state index contributed by atoms with van der Waals surface area (Å²) < 4.78 is 5.54. The van der Waals surface area contributed by atoms with Crippen molar-refractivity contribution >= 4 is 28.7 Å². The summed E-state index contributed by atoms with van der Waals surface area (Å²) in [6.07, 6.45) is 6.91. The Bertz CT molecular complexity index is 1150. The van der Waals surface area contributed by atoms with Crippen LogP contribution in [0.15, 0.2) is 67.1 Å². The lowest BCUT2D eigenvalue weighted by Crippen LogP contribution is -2.37. The molecule has 1 atom stereocenters. The highest BCUT2D eigenvalue weighted by Gasteiger charge is 2.34. The highest BCUT2D eigenvalue weighted by Crippen LogP contribution is 2.43. The lowest BCUT2D eigenvalue weighted by Gasteiger charge is -2.29. The van der Waals surface area contributed by atoms with Crippen LogP contribution in [0.5, 0.6) is 0 Å². The third-order valence-corrected chi connectivity index (χ3v) is 5.72. The highest BCUT2D eigenvalue weighted by molar-refractivity contribution is 6.05. The van der Waals surface area contributed by atoms with E-state index < -0.39 is 0 Å². The average Bonchev–Trinajstić information content (AvgIpc) is 3.21. The molecular formula is C24H26N8O. The molecule has 9 nitrogen and oxygen atoms in total. The number of morpholine rings is 1. The van der Waals surface area contributed by atoms with Gasteiger partial charge < -0.3 is 25.2 Å². The van der Waals surface area contributed by atoms with Gasteiger partial charge in [0.25, 0.3) is 0 Å². The van der Waals surface area contributed by atoms with Crippen LogP contribution in [0.2, 0.25) is 0 Å². The van der Waals surface area contributed by atoms with Crippen molar-refractivity contribution in [1.29, 1.82) is 5.41 Å². The van der Waals surface area contributed by atoms with Gasteiger partial charge in [-0.05, 0) is 35.9 Å². The highest BCUT2D eigenvalue weighted by atomic mass is 16.5.